The second-order valence-corrected chi connectivity index (χ2v) is 4.53. The molecule has 1 saturated carbocycles. The van der Waals surface area contributed by atoms with Crippen molar-refractivity contribution in [2.45, 2.75) is 39.2 Å². The largest absolute Gasteiger partial charge is 0.384 e. The predicted molar refractivity (Wildman–Crippen MR) is 68.8 cm³/mol. The predicted octanol–water partition coefficient (Wildman–Crippen LogP) is 3.11. The second kappa shape index (κ2) is 5.19. The Morgan fingerprint density at radius 2 is 2.12 bits per heavy atom. The topological polar surface area (TPSA) is 37.0 Å². The van der Waals surface area contributed by atoms with Crippen LogP contribution in [0.3, 0.4) is 0 Å². The molecule has 16 heavy (non-hydrogen) atoms. The third kappa shape index (κ3) is 2.87. The van der Waals surface area contributed by atoms with Crippen molar-refractivity contribution in [1.29, 1.82) is 0 Å². The minimum absolute atomic E-state index is 0.679. The first-order valence-electron chi connectivity index (χ1n) is 6.29. The Morgan fingerprint density at radius 1 is 1.31 bits per heavy atom. The smallest absolute Gasteiger partial charge is 0.0549 e. The fourth-order valence-corrected chi connectivity index (χ4v) is 2.15. The van der Waals surface area contributed by atoms with Gasteiger partial charge in [-0.15, -0.1) is 0 Å². The zero-order valence-electron chi connectivity index (χ0n) is 10.2. The molecular weight excluding hydrogens is 198 g/mol. The summed E-state index contributed by atoms with van der Waals surface area (Å²) >= 11 is 0. The van der Waals surface area contributed by atoms with E-state index in [0.29, 0.717) is 6.04 Å². The standard InChI is InChI=1S/C13H21N3/c1-3-5-10-6-13(10)16-12-7-11(15-4-2)8-14-9-12/h7-10,13,15-16H,3-6H2,1-2H3. The molecule has 0 aliphatic heterocycles. The lowest BCUT2D eigenvalue weighted by Crippen LogP contribution is -2.06. The average Bonchev–Trinajstić information content (AvgIpc) is 2.98. The van der Waals surface area contributed by atoms with Crippen LogP contribution in [0.1, 0.15) is 33.1 Å². The van der Waals surface area contributed by atoms with E-state index in [1.165, 1.54) is 19.3 Å². The second-order valence-electron chi connectivity index (χ2n) is 4.53. The highest BCUT2D eigenvalue weighted by Gasteiger charge is 2.35. The van der Waals surface area contributed by atoms with Gasteiger partial charge in [0.1, 0.15) is 0 Å². The first-order valence-corrected chi connectivity index (χ1v) is 6.29. The van der Waals surface area contributed by atoms with Gasteiger partial charge in [0, 0.05) is 12.6 Å². The molecule has 1 aliphatic carbocycles. The van der Waals surface area contributed by atoms with Gasteiger partial charge < -0.3 is 10.6 Å². The van der Waals surface area contributed by atoms with Crippen LogP contribution < -0.4 is 10.6 Å². The summed E-state index contributed by atoms with van der Waals surface area (Å²) in [5, 5.41) is 6.82. The molecule has 1 heterocycles. The molecule has 0 aromatic carbocycles. The molecular formula is C13H21N3. The zero-order chi connectivity index (χ0) is 11.4. The van der Waals surface area contributed by atoms with Gasteiger partial charge in [0.15, 0.2) is 0 Å². The summed E-state index contributed by atoms with van der Waals surface area (Å²) in [6.07, 6.45) is 7.73. The van der Waals surface area contributed by atoms with Gasteiger partial charge in [0.05, 0.1) is 23.8 Å². The van der Waals surface area contributed by atoms with Gasteiger partial charge in [-0.25, -0.2) is 0 Å². The van der Waals surface area contributed by atoms with E-state index in [1.54, 1.807) is 0 Å². The molecule has 1 aromatic rings. The Bertz CT molecular complexity index is 338. The summed E-state index contributed by atoms with van der Waals surface area (Å²) in [5.41, 5.74) is 2.24. The molecule has 1 aromatic heterocycles. The van der Waals surface area contributed by atoms with E-state index in [4.69, 9.17) is 0 Å². The van der Waals surface area contributed by atoms with Crippen molar-refractivity contribution in [3.63, 3.8) is 0 Å². The maximum absolute atomic E-state index is 4.23. The highest BCUT2D eigenvalue weighted by Crippen LogP contribution is 2.37. The lowest BCUT2D eigenvalue weighted by atomic mass is 10.2. The van der Waals surface area contributed by atoms with Gasteiger partial charge in [0.2, 0.25) is 0 Å². The number of anilines is 2. The Balaban J connectivity index is 1.87. The highest BCUT2D eigenvalue weighted by molar-refractivity contribution is 5.54. The Morgan fingerprint density at radius 3 is 2.88 bits per heavy atom. The molecule has 3 heteroatoms. The molecule has 0 amide bonds. The van der Waals surface area contributed by atoms with Crippen molar-refractivity contribution in [2.24, 2.45) is 5.92 Å². The van der Waals surface area contributed by atoms with Gasteiger partial charge in [-0.1, -0.05) is 13.3 Å². The van der Waals surface area contributed by atoms with Crippen molar-refractivity contribution in [2.75, 3.05) is 17.2 Å². The van der Waals surface area contributed by atoms with Gasteiger partial charge >= 0.3 is 0 Å². The maximum atomic E-state index is 4.23. The summed E-state index contributed by atoms with van der Waals surface area (Å²) in [6.45, 7) is 5.29. The van der Waals surface area contributed by atoms with Crippen molar-refractivity contribution in [1.82, 2.24) is 4.98 Å². The maximum Gasteiger partial charge on any atom is 0.0549 e. The van der Waals surface area contributed by atoms with Crippen LogP contribution in [-0.2, 0) is 0 Å². The third-order valence-corrected chi connectivity index (χ3v) is 3.05. The molecule has 2 N–H and O–H groups in total. The summed E-state index contributed by atoms with van der Waals surface area (Å²) in [7, 11) is 0. The van der Waals surface area contributed by atoms with Crippen LogP contribution in [0.25, 0.3) is 0 Å². The quantitative estimate of drug-likeness (QED) is 0.772. The number of hydrogen-bond donors (Lipinski definition) is 2. The molecule has 0 bridgehead atoms. The van der Waals surface area contributed by atoms with Crippen LogP contribution in [0.2, 0.25) is 0 Å². The molecule has 0 radical (unpaired) electrons. The molecule has 88 valence electrons. The van der Waals surface area contributed by atoms with Crippen LogP contribution in [0.15, 0.2) is 18.5 Å². The highest BCUT2D eigenvalue weighted by atomic mass is 15.0. The Kier molecular flexibility index (Phi) is 3.65. The number of hydrogen-bond acceptors (Lipinski definition) is 3. The SMILES string of the molecule is CCCC1CC1Nc1cncc(NCC)c1. The number of rotatable bonds is 6. The van der Waals surface area contributed by atoms with E-state index in [-0.39, 0.29) is 0 Å². The van der Waals surface area contributed by atoms with E-state index in [9.17, 15) is 0 Å². The number of nitrogens with zero attached hydrogens (tertiary/aromatic N) is 1. The molecule has 1 fully saturated rings. The number of aromatic nitrogens is 1. The average molecular weight is 219 g/mol. The van der Waals surface area contributed by atoms with Crippen LogP contribution in [0.5, 0.6) is 0 Å². The molecule has 2 atom stereocenters. The molecule has 2 rings (SSSR count). The van der Waals surface area contributed by atoms with Gasteiger partial charge in [0.25, 0.3) is 0 Å². The van der Waals surface area contributed by atoms with Crippen molar-refractivity contribution < 1.29 is 0 Å². The zero-order valence-corrected chi connectivity index (χ0v) is 10.2. The van der Waals surface area contributed by atoms with Gasteiger partial charge in [-0.2, -0.15) is 0 Å². The van der Waals surface area contributed by atoms with Crippen LogP contribution in [-0.4, -0.2) is 17.6 Å². The Labute approximate surface area is 97.7 Å². The number of nitrogens with one attached hydrogen (secondary N) is 2. The van der Waals surface area contributed by atoms with Crippen molar-refractivity contribution >= 4 is 11.4 Å². The van der Waals surface area contributed by atoms with E-state index < -0.39 is 0 Å². The fourth-order valence-electron chi connectivity index (χ4n) is 2.15. The van der Waals surface area contributed by atoms with Gasteiger partial charge in [-0.05, 0) is 31.7 Å². The lowest BCUT2D eigenvalue weighted by Gasteiger charge is -2.08. The Hall–Kier alpha value is -1.25. The molecule has 1 aliphatic rings. The van der Waals surface area contributed by atoms with Crippen LogP contribution >= 0.6 is 0 Å². The normalized spacial score (nSPS) is 22.9. The first-order chi connectivity index (χ1) is 7.83. The van der Waals surface area contributed by atoms with Crippen molar-refractivity contribution in [3.8, 4) is 0 Å². The minimum atomic E-state index is 0.679. The third-order valence-electron chi connectivity index (χ3n) is 3.05. The van der Waals surface area contributed by atoms with Crippen LogP contribution in [0.4, 0.5) is 11.4 Å². The summed E-state index contributed by atoms with van der Waals surface area (Å²) < 4.78 is 0. The van der Waals surface area contributed by atoms with E-state index in [0.717, 1.165) is 23.8 Å². The molecule has 3 nitrogen and oxygen atoms in total. The molecule has 2 unspecified atom stereocenters. The fraction of sp³-hybridized carbons (Fsp3) is 0.615. The van der Waals surface area contributed by atoms with Gasteiger partial charge in [-0.3, -0.25) is 4.98 Å². The monoisotopic (exact) mass is 219 g/mol. The first kappa shape index (κ1) is 11.2. The van der Waals surface area contributed by atoms with Crippen molar-refractivity contribution in [3.05, 3.63) is 18.5 Å². The van der Waals surface area contributed by atoms with Crippen LogP contribution in [0, 0.1) is 5.92 Å². The summed E-state index contributed by atoms with van der Waals surface area (Å²) in [6, 6.07) is 2.82. The van der Waals surface area contributed by atoms with E-state index in [1.807, 2.05) is 12.4 Å². The van der Waals surface area contributed by atoms with E-state index in [2.05, 4.69) is 35.5 Å². The minimum Gasteiger partial charge on any atom is -0.384 e. The lowest BCUT2D eigenvalue weighted by molar-refractivity contribution is 0.693. The molecule has 0 spiro atoms. The number of pyridine rings is 1. The summed E-state index contributed by atoms with van der Waals surface area (Å²) in [4.78, 5) is 4.23. The van der Waals surface area contributed by atoms with E-state index >= 15 is 0 Å². The molecule has 0 saturated heterocycles. The summed E-state index contributed by atoms with van der Waals surface area (Å²) in [5.74, 6) is 0.882.